The van der Waals surface area contributed by atoms with E-state index in [-0.39, 0.29) is 0 Å². The third-order valence-electron chi connectivity index (χ3n) is 4.40. The highest BCUT2D eigenvalue weighted by Crippen LogP contribution is 2.32. The summed E-state index contributed by atoms with van der Waals surface area (Å²) < 4.78 is 5.19. The zero-order chi connectivity index (χ0) is 22.9. The van der Waals surface area contributed by atoms with Crippen molar-refractivity contribution >= 4 is 46.8 Å². The minimum atomic E-state index is -0.613. The van der Waals surface area contributed by atoms with Gasteiger partial charge in [-0.15, -0.1) is 0 Å². The number of nitriles is 1. The summed E-state index contributed by atoms with van der Waals surface area (Å²) in [5.41, 5.74) is 1.70. The van der Waals surface area contributed by atoms with Gasteiger partial charge in [0, 0.05) is 26.4 Å². The number of nitrogens with one attached hydrogen (secondary N) is 1. The molecule has 0 saturated carbocycles. The van der Waals surface area contributed by atoms with Gasteiger partial charge in [0.25, 0.3) is 5.91 Å². The van der Waals surface area contributed by atoms with Crippen LogP contribution in [0.15, 0.2) is 76.5 Å². The predicted octanol–water partition coefficient (Wildman–Crippen LogP) is 5.53. The second kappa shape index (κ2) is 11.6. The highest BCUT2D eigenvalue weighted by Gasteiger charge is 2.16. The Morgan fingerprint density at radius 3 is 2.47 bits per heavy atom. The molecule has 5 nitrogen and oxygen atoms in total. The van der Waals surface area contributed by atoms with Crippen LogP contribution in [-0.2, 0) is 16.0 Å². The normalized spacial score (nSPS) is 10.3. The number of carbonyl (C=O) groups excluding carboxylic acids is 2. The largest absolute Gasteiger partial charge is 0.452 e. The Labute approximate surface area is 200 Å². The van der Waals surface area contributed by atoms with Gasteiger partial charge in [-0.3, -0.25) is 4.79 Å². The Balaban J connectivity index is 1.55. The lowest BCUT2D eigenvalue weighted by Gasteiger charge is -2.11. The molecular weight excluding hydrogens is 467 g/mol. The molecule has 0 aliphatic carbocycles. The lowest BCUT2D eigenvalue weighted by molar-refractivity contribution is -0.124. The molecule has 1 amide bonds. The fraction of sp³-hybridized carbons (Fsp3) is 0.125. The number of benzene rings is 3. The standard InChI is InChI=1S/C24H18Cl2N2O3S/c25-18-10-9-16(20(26)13-18)11-12-28-23(29)15-31-24(30)19-6-2-4-8-22(19)32-21-7-3-1-5-17(21)14-27/h1-10,13H,11-12,15H2,(H,28,29). The van der Waals surface area contributed by atoms with E-state index in [0.29, 0.717) is 39.0 Å². The van der Waals surface area contributed by atoms with Gasteiger partial charge in [-0.25, -0.2) is 4.79 Å². The van der Waals surface area contributed by atoms with Crippen LogP contribution in [0.1, 0.15) is 21.5 Å². The van der Waals surface area contributed by atoms with Gasteiger partial charge in [0.2, 0.25) is 0 Å². The summed E-state index contributed by atoms with van der Waals surface area (Å²) in [7, 11) is 0. The Bertz CT molecular complexity index is 1180. The summed E-state index contributed by atoms with van der Waals surface area (Å²) in [4.78, 5) is 26.0. The molecule has 0 atom stereocenters. The molecule has 0 unspecified atom stereocenters. The average molecular weight is 485 g/mol. The molecule has 0 aliphatic heterocycles. The highest BCUT2D eigenvalue weighted by atomic mass is 35.5. The van der Waals surface area contributed by atoms with Crippen molar-refractivity contribution < 1.29 is 14.3 Å². The third-order valence-corrected chi connectivity index (χ3v) is 6.14. The molecule has 8 heteroatoms. The van der Waals surface area contributed by atoms with Gasteiger partial charge in [-0.05, 0) is 48.4 Å². The molecule has 32 heavy (non-hydrogen) atoms. The topological polar surface area (TPSA) is 79.2 Å². The van der Waals surface area contributed by atoms with Gasteiger partial charge in [0.05, 0.1) is 11.1 Å². The van der Waals surface area contributed by atoms with Gasteiger partial charge in [0.15, 0.2) is 6.61 Å². The monoisotopic (exact) mass is 484 g/mol. The zero-order valence-corrected chi connectivity index (χ0v) is 19.1. The van der Waals surface area contributed by atoms with Crippen molar-refractivity contribution in [3.05, 3.63) is 93.5 Å². The minimum Gasteiger partial charge on any atom is -0.452 e. The Hall–Kier alpha value is -2.98. The molecule has 0 saturated heterocycles. The van der Waals surface area contributed by atoms with Crippen LogP contribution in [-0.4, -0.2) is 25.0 Å². The predicted molar refractivity (Wildman–Crippen MR) is 125 cm³/mol. The Morgan fingerprint density at radius 1 is 1.00 bits per heavy atom. The Morgan fingerprint density at radius 2 is 1.72 bits per heavy atom. The van der Waals surface area contributed by atoms with Crippen molar-refractivity contribution in [2.45, 2.75) is 16.2 Å². The van der Waals surface area contributed by atoms with Crippen LogP contribution in [0.3, 0.4) is 0 Å². The van der Waals surface area contributed by atoms with Crippen LogP contribution in [0.2, 0.25) is 10.0 Å². The SMILES string of the molecule is N#Cc1ccccc1Sc1ccccc1C(=O)OCC(=O)NCCc1ccc(Cl)cc1Cl. The molecule has 1 N–H and O–H groups in total. The molecule has 0 radical (unpaired) electrons. The number of rotatable bonds is 8. The average Bonchev–Trinajstić information content (AvgIpc) is 2.79. The molecular formula is C24H18Cl2N2O3S. The maximum atomic E-state index is 12.6. The van der Waals surface area contributed by atoms with E-state index in [1.165, 1.54) is 11.8 Å². The lowest BCUT2D eigenvalue weighted by atomic mass is 10.1. The first-order valence-electron chi connectivity index (χ1n) is 9.61. The van der Waals surface area contributed by atoms with E-state index >= 15 is 0 Å². The summed E-state index contributed by atoms with van der Waals surface area (Å²) in [6.45, 7) is -0.0594. The molecule has 3 rings (SSSR count). The number of amides is 1. The number of nitrogens with zero attached hydrogens (tertiary/aromatic N) is 1. The number of hydrogen-bond acceptors (Lipinski definition) is 5. The molecule has 0 bridgehead atoms. The van der Waals surface area contributed by atoms with Crippen LogP contribution >= 0.6 is 35.0 Å². The first-order chi connectivity index (χ1) is 15.5. The van der Waals surface area contributed by atoms with Crippen LogP contribution < -0.4 is 5.32 Å². The molecule has 0 aliphatic rings. The molecule has 3 aromatic rings. The van der Waals surface area contributed by atoms with Gasteiger partial charge < -0.3 is 10.1 Å². The van der Waals surface area contributed by atoms with E-state index in [9.17, 15) is 14.9 Å². The van der Waals surface area contributed by atoms with Crippen LogP contribution in [0, 0.1) is 11.3 Å². The van der Waals surface area contributed by atoms with Crippen molar-refractivity contribution in [1.29, 1.82) is 5.26 Å². The fourth-order valence-electron chi connectivity index (χ4n) is 2.81. The smallest absolute Gasteiger partial charge is 0.339 e. The molecule has 0 heterocycles. The summed E-state index contributed by atoms with van der Waals surface area (Å²) in [5.74, 6) is -1.03. The number of carbonyl (C=O) groups is 2. The quantitative estimate of drug-likeness (QED) is 0.425. The van der Waals surface area contributed by atoms with Gasteiger partial charge in [-0.2, -0.15) is 5.26 Å². The summed E-state index contributed by atoms with van der Waals surface area (Å²) >= 11 is 13.3. The highest BCUT2D eigenvalue weighted by molar-refractivity contribution is 7.99. The van der Waals surface area contributed by atoms with Crippen molar-refractivity contribution in [3.63, 3.8) is 0 Å². The number of hydrogen-bond donors (Lipinski definition) is 1. The second-order valence-electron chi connectivity index (χ2n) is 6.62. The van der Waals surface area contributed by atoms with Gasteiger partial charge in [0.1, 0.15) is 6.07 Å². The van der Waals surface area contributed by atoms with E-state index in [1.807, 2.05) is 12.1 Å². The van der Waals surface area contributed by atoms with E-state index in [4.69, 9.17) is 27.9 Å². The molecule has 0 aromatic heterocycles. The maximum Gasteiger partial charge on any atom is 0.339 e. The fourth-order valence-corrected chi connectivity index (χ4v) is 4.33. The molecule has 162 valence electrons. The van der Waals surface area contributed by atoms with Crippen molar-refractivity contribution in [2.75, 3.05) is 13.2 Å². The minimum absolute atomic E-state index is 0.325. The van der Waals surface area contributed by atoms with E-state index < -0.39 is 18.5 Å². The number of esters is 1. The van der Waals surface area contributed by atoms with Crippen LogP contribution in [0.25, 0.3) is 0 Å². The molecule has 0 spiro atoms. The van der Waals surface area contributed by atoms with Crippen molar-refractivity contribution in [3.8, 4) is 6.07 Å². The number of ether oxygens (including phenoxy) is 1. The summed E-state index contributed by atoms with van der Waals surface area (Å²) in [6.07, 6.45) is 0.521. The zero-order valence-electron chi connectivity index (χ0n) is 16.8. The van der Waals surface area contributed by atoms with Crippen molar-refractivity contribution in [2.24, 2.45) is 0 Å². The van der Waals surface area contributed by atoms with Crippen molar-refractivity contribution in [1.82, 2.24) is 5.32 Å². The molecule has 3 aromatic carbocycles. The summed E-state index contributed by atoms with van der Waals surface area (Å²) in [6, 6.07) is 21.4. The lowest BCUT2D eigenvalue weighted by Crippen LogP contribution is -2.30. The third kappa shape index (κ3) is 6.51. The summed E-state index contributed by atoms with van der Waals surface area (Å²) in [5, 5.41) is 13.1. The first kappa shape index (κ1) is 23.7. The van der Waals surface area contributed by atoms with E-state index in [0.717, 1.165) is 10.5 Å². The first-order valence-corrected chi connectivity index (χ1v) is 11.2. The van der Waals surface area contributed by atoms with Gasteiger partial charge in [-0.1, -0.05) is 65.3 Å². The Kier molecular flexibility index (Phi) is 8.57. The van der Waals surface area contributed by atoms with Crippen LogP contribution in [0.4, 0.5) is 0 Å². The molecule has 0 fully saturated rings. The second-order valence-corrected chi connectivity index (χ2v) is 8.55. The van der Waals surface area contributed by atoms with E-state index in [2.05, 4.69) is 11.4 Å². The number of halogens is 2. The van der Waals surface area contributed by atoms with E-state index in [1.54, 1.807) is 54.6 Å². The van der Waals surface area contributed by atoms with Gasteiger partial charge >= 0.3 is 5.97 Å². The maximum absolute atomic E-state index is 12.6. The van der Waals surface area contributed by atoms with Crippen LogP contribution in [0.5, 0.6) is 0 Å².